The predicted molar refractivity (Wildman–Crippen MR) is 117 cm³/mol. The van der Waals surface area contributed by atoms with Gasteiger partial charge in [-0.15, -0.1) is 12.4 Å². The number of rotatable bonds is 9. The zero-order chi connectivity index (χ0) is 19.2. The molecule has 1 heterocycles. The second-order valence-electron chi connectivity index (χ2n) is 6.56. The number of benzene rings is 2. The zero-order valence-electron chi connectivity index (χ0n) is 17.1. The molecule has 3 rings (SSSR count). The highest BCUT2D eigenvalue weighted by Gasteiger charge is 2.13. The van der Waals surface area contributed by atoms with Crippen LogP contribution in [0.2, 0.25) is 0 Å². The van der Waals surface area contributed by atoms with Gasteiger partial charge < -0.3 is 18.9 Å². The van der Waals surface area contributed by atoms with Crippen molar-refractivity contribution in [2.24, 2.45) is 0 Å². The van der Waals surface area contributed by atoms with Gasteiger partial charge in [-0.3, -0.25) is 0 Å². The maximum absolute atomic E-state index is 5.45. The van der Waals surface area contributed by atoms with E-state index in [2.05, 4.69) is 47.6 Å². The topological polar surface area (TPSA) is 39.5 Å². The molecule has 1 aromatic heterocycles. The van der Waals surface area contributed by atoms with E-state index in [1.165, 1.54) is 5.52 Å². The van der Waals surface area contributed by atoms with Crippen LogP contribution in [0.1, 0.15) is 25.2 Å². The van der Waals surface area contributed by atoms with Crippen LogP contribution in [-0.2, 0) is 13.0 Å². The van der Waals surface area contributed by atoms with Crippen molar-refractivity contribution in [2.75, 3.05) is 33.9 Å². The van der Waals surface area contributed by atoms with Crippen molar-refractivity contribution in [2.45, 2.75) is 26.8 Å². The van der Waals surface area contributed by atoms with E-state index in [0.717, 1.165) is 61.0 Å². The fourth-order valence-electron chi connectivity index (χ4n) is 3.46. The van der Waals surface area contributed by atoms with Crippen molar-refractivity contribution in [3.8, 4) is 11.5 Å². The van der Waals surface area contributed by atoms with Gasteiger partial charge in [0, 0.05) is 19.5 Å². The van der Waals surface area contributed by atoms with Crippen LogP contribution in [0, 0.1) is 0 Å². The van der Waals surface area contributed by atoms with Gasteiger partial charge in [0.25, 0.3) is 0 Å². The molecular formula is C22H30ClN3O2. The number of ether oxygens (including phenoxy) is 2. The molecule has 0 saturated heterocycles. The minimum Gasteiger partial charge on any atom is -0.493 e. The molecule has 0 N–H and O–H groups in total. The number of hydrogen-bond donors (Lipinski definition) is 0. The molecule has 2 aromatic carbocycles. The van der Waals surface area contributed by atoms with Crippen molar-refractivity contribution in [1.29, 1.82) is 0 Å². The van der Waals surface area contributed by atoms with Gasteiger partial charge in [-0.25, -0.2) is 4.98 Å². The summed E-state index contributed by atoms with van der Waals surface area (Å²) >= 11 is 0. The predicted octanol–water partition coefficient (Wildman–Crippen LogP) is 4.41. The zero-order valence-corrected chi connectivity index (χ0v) is 18.0. The molecule has 0 aliphatic carbocycles. The monoisotopic (exact) mass is 403 g/mol. The van der Waals surface area contributed by atoms with E-state index in [1.807, 2.05) is 18.2 Å². The van der Waals surface area contributed by atoms with Gasteiger partial charge in [-0.05, 0) is 42.9 Å². The molecule has 3 aromatic rings. The molecule has 6 heteroatoms. The van der Waals surface area contributed by atoms with Crippen LogP contribution < -0.4 is 9.47 Å². The number of fused-ring (bicyclic) bond motifs is 1. The summed E-state index contributed by atoms with van der Waals surface area (Å²) in [6.07, 6.45) is 0.757. The molecule has 152 valence electrons. The molecule has 0 aliphatic rings. The van der Waals surface area contributed by atoms with Crippen LogP contribution in [0.3, 0.4) is 0 Å². The smallest absolute Gasteiger partial charge is 0.161 e. The number of methoxy groups -OCH3 is 2. The second kappa shape index (κ2) is 10.3. The number of aromatic nitrogens is 2. The first-order valence-electron chi connectivity index (χ1n) is 9.57. The molecule has 28 heavy (non-hydrogen) atoms. The Morgan fingerprint density at radius 3 is 2.36 bits per heavy atom. The lowest BCUT2D eigenvalue weighted by atomic mass is 10.1. The number of halogens is 1. The lowest BCUT2D eigenvalue weighted by Gasteiger charge is -2.19. The standard InChI is InChI=1S/C22H29N3O2.ClH/c1-5-24(6-2)13-14-25-19-10-8-7-9-18(19)23-22(25)16-17-11-12-20(26-3)21(15-17)27-4;/h7-12,15H,5-6,13-14,16H2,1-4H3;1H. The highest BCUT2D eigenvalue weighted by Crippen LogP contribution is 2.29. The third-order valence-electron chi connectivity index (χ3n) is 5.08. The van der Waals surface area contributed by atoms with Crippen LogP contribution >= 0.6 is 12.4 Å². The number of nitrogens with zero attached hydrogens (tertiary/aromatic N) is 3. The summed E-state index contributed by atoms with van der Waals surface area (Å²) in [5.41, 5.74) is 3.40. The van der Waals surface area contributed by atoms with Gasteiger partial charge in [0.2, 0.25) is 0 Å². The van der Waals surface area contributed by atoms with Gasteiger partial charge in [-0.2, -0.15) is 0 Å². The van der Waals surface area contributed by atoms with Gasteiger partial charge in [0.15, 0.2) is 11.5 Å². The normalized spacial score (nSPS) is 10.9. The molecule has 0 saturated carbocycles. The van der Waals surface area contributed by atoms with E-state index in [0.29, 0.717) is 0 Å². The van der Waals surface area contributed by atoms with E-state index in [4.69, 9.17) is 14.5 Å². The van der Waals surface area contributed by atoms with Crippen molar-refractivity contribution in [3.05, 3.63) is 53.9 Å². The summed E-state index contributed by atoms with van der Waals surface area (Å²) in [5, 5.41) is 0. The van der Waals surface area contributed by atoms with Gasteiger partial charge >= 0.3 is 0 Å². The maximum Gasteiger partial charge on any atom is 0.161 e. The fraction of sp³-hybridized carbons (Fsp3) is 0.409. The first-order valence-corrected chi connectivity index (χ1v) is 9.57. The van der Waals surface area contributed by atoms with Crippen LogP contribution in [0.15, 0.2) is 42.5 Å². The summed E-state index contributed by atoms with van der Waals surface area (Å²) < 4.78 is 13.2. The van der Waals surface area contributed by atoms with E-state index >= 15 is 0 Å². The summed E-state index contributed by atoms with van der Waals surface area (Å²) in [5.74, 6) is 2.58. The maximum atomic E-state index is 5.45. The Bertz CT molecular complexity index is 891. The number of imidazole rings is 1. The second-order valence-corrected chi connectivity index (χ2v) is 6.56. The molecular weight excluding hydrogens is 374 g/mol. The Balaban J connectivity index is 0.00000280. The summed E-state index contributed by atoms with van der Waals surface area (Å²) in [7, 11) is 3.32. The molecule has 0 radical (unpaired) electrons. The lowest BCUT2D eigenvalue weighted by molar-refractivity contribution is 0.291. The Labute approximate surface area is 173 Å². The Morgan fingerprint density at radius 2 is 1.68 bits per heavy atom. The van der Waals surface area contributed by atoms with E-state index < -0.39 is 0 Å². The first-order chi connectivity index (χ1) is 13.2. The Morgan fingerprint density at radius 1 is 0.964 bits per heavy atom. The van der Waals surface area contributed by atoms with E-state index in [1.54, 1.807) is 14.2 Å². The quantitative estimate of drug-likeness (QED) is 0.530. The lowest BCUT2D eigenvalue weighted by Crippen LogP contribution is -2.27. The minimum atomic E-state index is 0. The molecule has 0 spiro atoms. The number of hydrogen-bond acceptors (Lipinski definition) is 4. The average Bonchev–Trinajstić information content (AvgIpc) is 3.05. The largest absolute Gasteiger partial charge is 0.493 e. The van der Waals surface area contributed by atoms with E-state index in [9.17, 15) is 0 Å². The average molecular weight is 404 g/mol. The SMILES string of the molecule is CCN(CC)CCn1c(Cc2ccc(OC)c(OC)c2)nc2ccccc21.Cl. The first kappa shape index (κ1) is 22.1. The van der Waals surface area contributed by atoms with Crippen molar-refractivity contribution >= 4 is 23.4 Å². The molecule has 0 amide bonds. The van der Waals surface area contributed by atoms with Crippen LogP contribution in [-0.4, -0.2) is 48.3 Å². The van der Waals surface area contributed by atoms with Gasteiger partial charge in [0.05, 0.1) is 25.3 Å². The van der Waals surface area contributed by atoms with Crippen molar-refractivity contribution < 1.29 is 9.47 Å². The molecule has 0 aliphatic heterocycles. The summed E-state index contributed by atoms with van der Waals surface area (Å²) in [6, 6.07) is 14.4. The Hall–Kier alpha value is -2.24. The van der Waals surface area contributed by atoms with Crippen LogP contribution in [0.4, 0.5) is 0 Å². The molecule has 5 nitrogen and oxygen atoms in total. The molecule has 0 bridgehead atoms. The third kappa shape index (κ3) is 4.78. The number of para-hydroxylation sites is 2. The Kier molecular flexibility index (Phi) is 8.15. The highest BCUT2D eigenvalue weighted by molar-refractivity contribution is 5.85. The fourth-order valence-corrected chi connectivity index (χ4v) is 3.46. The highest BCUT2D eigenvalue weighted by atomic mass is 35.5. The van der Waals surface area contributed by atoms with Crippen molar-refractivity contribution in [1.82, 2.24) is 14.5 Å². The minimum absolute atomic E-state index is 0. The summed E-state index contributed by atoms with van der Waals surface area (Å²) in [6.45, 7) is 8.50. The molecule has 0 fully saturated rings. The molecule has 0 unspecified atom stereocenters. The van der Waals surface area contributed by atoms with Crippen LogP contribution in [0.25, 0.3) is 11.0 Å². The van der Waals surface area contributed by atoms with E-state index in [-0.39, 0.29) is 12.4 Å². The van der Waals surface area contributed by atoms with Gasteiger partial charge in [-0.1, -0.05) is 32.0 Å². The molecule has 0 atom stereocenters. The number of likely N-dealkylation sites (N-methyl/N-ethyl adjacent to an activating group) is 1. The van der Waals surface area contributed by atoms with Gasteiger partial charge in [0.1, 0.15) is 5.82 Å². The van der Waals surface area contributed by atoms with Crippen molar-refractivity contribution in [3.63, 3.8) is 0 Å². The summed E-state index contributed by atoms with van der Waals surface area (Å²) in [4.78, 5) is 7.35. The third-order valence-corrected chi connectivity index (χ3v) is 5.08. The van der Waals surface area contributed by atoms with Crippen LogP contribution in [0.5, 0.6) is 11.5 Å².